The molecular formula is C15H24O2. The summed E-state index contributed by atoms with van der Waals surface area (Å²) in [5.41, 5.74) is -0.878. The van der Waals surface area contributed by atoms with Crippen LogP contribution in [-0.2, 0) is 4.79 Å². The molecule has 0 heterocycles. The van der Waals surface area contributed by atoms with Crippen molar-refractivity contribution in [1.82, 2.24) is 0 Å². The van der Waals surface area contributed by atoms with Gasteiger partial charge in [-0.1, -0.05) is 45.4 Å². The Morgan fingerprint density at radius 2 is 1.53 bits per heavy atom. The van der Waals surface area contributed by atoms with E-state index in [9.17, 15) is 9.90 Å². The Bertz CT molecular complexity index is 273. The topological polar surface area (TPSA) is 37.3 Å². The van der Waals surface area contributed by atoms with Crippen molar-refractivity contribution < 1.29 is 9.90 Å². The van der Waals surface area contributed by atoms with E-state index in [0.29, 0.717) is 0 Å². The third-order valence-corrected chi connectivity index (χ3v) is 3.25. The molecule has 0 aromatic heterocycles. The largest absolute Gasteiger partial charge is 0.382 e. The van der Waals surface area contributed by atoms with E-state index >= 15 is 0 Å². The Morgan fingerprint density at radius 3 is 2.12 bits per heavy atom. The van der Waals surface area contributed by atoms with Crippen molar-refractivity contribution in [3.63, 3.8) is 0 Å². The van der Waals surface area contributed by atoms with Gasteiger partial charge in [-0.05, 0) is 37.1 Å². The van der Waals surface area contributed by atoms with Crippen molar-refractivity contribution in [2.45, 2.75) is 63.9 Å². The fourth-order valence-electron chi connectivity index (χ4n) is 2.10. The first kappa shape index (κ1) is 14.2. The molecule has 0 radical (unpaired) electrons. The van der Waals surface area contributed by atoms with Gasteiger partial charge in [0.25, 0.3) is 0 Å². The summed E-state index contributed by atoms with van der Waals surface area (Å²) >= 11 is 0. The zero-order valence-corrected chi connectivity index (χ0v) is 10.8. The summed E-state index contributed by atoms with van der Waals surface area (Å²) in [7, 11) is 0. The second-order valence-corrected chi connectivity index (χ2v) is 4.93. The van der Waals surface area contributed by atoms with Gasteiger partial charge in [-0.2, -0.15) is 0 Å². The van der Waals surface area contributed by atoms with Crippen molar-refractivity contribution in [1.29, 1.82) is 0 Å². The van der Waals surface area contributed by atoms with Crippen molar-refractivity contribution in [3.05, 3.63) is 24.3 Å². The third-order valence-electron chi connectivity index (χ3n) is 3.25. The van der Waals surface area contributed by atoms with Crippen molar-refractivity contribution in [2.75, 3.05) is 0 Å². The molecule has 1 aliphatic rings. The van der Waals surface area contributed by atoms with Crippen LogP contribution < -0.4 is 0 Å². The highest BCUT2D eigenvalue weighted by Gasteiger charge is 2.22. The molecule has 96 valence electrons. The number of hydrogen-bond donors (Lipinski definition) is 1. The summed E-state index contributed by atoms with van der Waals surface area (Å²) in [6.45, 7) is 2.22. The van der Waals surface area contributed by atoms with Crippen LogP contribution in [0.15, 0.2) is 24.3 Å². The van der Waals surface area contributed by atoms with E-state index in [2.05, 4.69) is 6.92 Å². The molecule has 1 N–H and O–H groups in total. The van der Waals surface area contributed by atoms with Crippen LogP contribution in [0.4, 0.5) is 0 Å². The summed E-state index contributed by atoms with van der Waals surface area (Å²) in [6, 6.07) is 0. The van der Waals surface area contributed by atoms with E-state index in [1.54, 1.807) is 12.2 Å². The molecule has 0 spiro atoms. The summed E-state index contributed by atoms with van der Waals surface area (Å²) in [4.78, 5) is 10.9. The standard InChI is InChI=1S/C15H24O2/c1-2-3-4-5-6-7-8-11-15(17)12-9-14(16)10-13-15/h9-10,12-13,17H,2-8,11H2,1H3. The Hall–Kier alpha value is -0.890. The molecule has 0 unspecified atom stereocenters. The minimum atomic E-state index is -0.878. The van der Waals surface area contributed by atoms with Crippen LogP contribution >= 0.6 is 0 Å². The first-order chi connectivity index (χ1) is 8.16. The summed E-state index contributed by atoms with van der Waals surface area (Å²) in [5.74, 6) is -0.0331. The molecule has 0 aromatic rings. The highest BCUT2D eigenvalue weighted by Crippen LogP contribution is 2.21. The third kappa shape index (κ3) is 5.83. The number of carbonyl (C=O) groups excluding carboxylic acids is 1. The molecule has 0 aromatic carbocycles. The van der Waals surface area contributed by atoms with E-state index in [1.807, 2.05) is 0 Å². The van der Waals surface area contributed by atoms with Gasteiger partial charge < -0.3 is 5.11 Å². The molecule has 1 rings (SSSR count). The molecule has 2 heteroatoms. The lowest BCUT2D eigenvalue weighted by Crippen LogP contribution is -2.25. The van der Waals surface area contributed by atoms with Crippen molar-refractivity contribution >= 4 is 5.78 Å². The second-order valence-electron chi connectivity index (χ2n) is 4.93. The van der Waals surface area contributed by atoms with Gasteiger partial charge in [0.2, 0.25) is 0 Å². The van der Waals surface area contributed by atoms with Crippen LogP contribution in [0, 0.1) is 0 Å². The van der Waals surface area contributed by atoms with Gasteiger partial charge in [0.1, 0.15) is 5.60 Å². The van der Waals surface area contributed by atoms with E-state index in [0.717, 1.165) is 12.8 Å². The minimum Gasteiger partial charge on any atom is -0.382 e. The predicted octanol–water partition coefficient (Wildman–Crippen LogP) is 3.55. The monoisotopic (exact) mass is 236 g/mol. The van der Waals surface area contributed by atoms with Crippen LogP contribution in [0.3, 0.4) is 0 Å². The molecule has 0 bridgehead atoms. The number of carbonyl (C=O) groups is 1. The Labute approximate surface area is 104 Å². The maximum Gasteiger partial charge on any atom is 0.178 e. The van der Waals surface area contributed by atoms with Gasteiger partial charge in [0.15, 0.2) is 5.78 Å². The van der Waals surface area contributed by atoms with Crippen LogP contribution in [0.5, 0.6) is 0 Å². The number of aliphatic hydroxyl groups is 1. The van der Waals surface area contributed by atoms with Gasteiger partial charge in [-0.25, -0.2) is 0 Å². The van der Waals surface area contributed by atoms with Gasteiger partial charge in [0, 0.05) is 0 Å². The van der Waals surface area contributed by atoms with Gasteiger partial charge >= 0.3 is 0 Å². The van der Waals surface area contributed by atoms with Crippen molar-refractivity contribution in [3.8, 4) is 0 Å². The highest BCUT2D eigenvalue weighted by molar-refractivity contribution is 6.00. The van der Waals surface area contributed by atoms with Crippen molar-refractivity contribution in [2.24, 2.45) is 0 Å². The van der Waals surface area contributed by atoms with E-state index < -0.39 is 5.60 Å². The zero-order valence-electron chi connectivity index (χ0n) is 10.8. The predicted molar refractivity (Wildman–Crippen MR) is 70.8 cm³/mol. The number of hydrogen-bond acceptors (Lipinski definition) is 2. The molecule has 1 aliphatic carbocycles. The lowest BCUT2D eigenvalue weighted by atomic mass is 9.91. The maximum atomic E-state index is 10.9. The Balaban J connectivity index is 2.08. The van der Waals surface area contributed by atoms with Crippen LogP contribution in [0.25, 0.3) is 0 Å². The first-order valence-corrected chi connectivity index (χ1v) is 6.81. The maximum absolute atomic E-state index is 10.9. The van der Waals surface area contributed by atoms with Crippen LogP contribution in [-0.4, -0.2) is 16.5 Å². The number of allylic oxidation sites excluding steroid dienone is 2. The SMILES string of the molecule is CCCCCCCCCC1(O)C=CC(=O)C=C1. The highest BCUT2D eigenvalue weighted by atomic mass is 16.3. The lowest BCUT2D eigenvalue weighted by molar-refractivity contribution is -0.110. The summed E-state index contributed by atoms with van der Waals surface area (Å²) < 4.78 is 0. The Kier molecular flexibility index (Phi) is 6.20. The molecule has 0 saturated carbocycles. The van der Waals surface area contributed by atoms with Gasteiger partial charge in [0.05, 0.1) is 0 Å². The molecule has 0 amide bonds. The molecule has 0 fully saturated rings. The van der Waals surface area contributed by atoms with Gasteiger partial charge in [-0.3, -0.25) is 4.79 Å². The normalized spacial score (nSPS) is 17.6. The molecule has 0 atom stereocenters. The smallest absolute Gasteiger partial charge is 0.178 e. The van der Waals surface area contributed by atoms with Crippen LogP contribution in [0.2, 0.25) is 0 Å². The lowest BCUT2D eigenvalue weighted by Gasteiger charge is -2.22. The quantitative estimate of drug-likeness (QED) is 0.654. The van der Waals surface area contributed by atoms with Crippen LogP contribution in [0.1, 0.15) is 58.3 Å². The molecule has 2 nitrogen and oxygen atoms in total. The molecular weight excluding hydrogens is 212 g/mol. The van der Waals surface area contributed by atoms with E-state index in [-0.39, 0.29) is 5.78 Å². The molecule has 17 heavy (non-hydrogen) atoms. The molecule has 0 aliphatic heterocycles. The van der Waals surface area contributed by atoms with E-state index in [4.69, 9.17) is 0 Å². The average molecular weight is 236 g/mol. The average Bonchev–Trinajstić information content (AvgIpc) is 2.32. The zero-order chi connectivity index (χ0) is 12.6. The number of unbranched alkanes of at least 4 members (excludes halogenated alkanes) is 6. The summed E-state index contributed by atoms with van der Waals surface area (Å²) in [6.07, 6.45) is 15.6. The molecule has 0 saturated heterocycles. The number of ketones is 1. The summed E-state index contributed by atoms with van der Waals surface area (Å²) in [5, 5.41) is 10.1. The fourth-order valence-corrected chi connectivity index (χ4v) is 2.10. The Morgan fingerprint density at radius 1 is 1.00 bits per heavy atom. The fraction of sp³-hybridized carbons (Fsp3) is 0.667. The first-order valence-electron chi connectivity index (χ1n) is 6.81. The second kappa shape index (κ2) is 7.44. The van der Waals surface area contributed by atoms with Gasteiger partial charge in [-0.15, -0.1) is 0 Å². The minimum absolute atomic E-state index is 0.0331. The van der Waals surface area contributed by atoms with E-state index in [1.165, 1.54) is 50.7 Å². The number of rotatable bonds is 8.